The van der Waals surface area contributed by atoms with Crippen molar-refractivity contribution in [3.05, 3.63) is 0 Å². The van der Waals surface area contributed by atoms with Crippen LogP contribution < -0.4 is 0 Å². The summed E-state index contributed by atoms with van der Waals surface area (Å²) >= 11 is 0. The number of carbonyl (C=O) groups is 2. The third-order valence-corrected chi connectivity index (χ3v) is 3.26. The number of amides is 1. The van der Waals surface area contributed by atoms with Crippen LogP contribution in [0.15, 0.2) is 0 Å². The van der Waals surface area contributed by atoms with Gasteiger partial charge in [0, 0.05) is 6.54 Å². The molecule has 5 nitrogen and oxygen atoms in total. The number of carboxylic acids is 1. The maximum absolute atomic E-state index is 11.9. The molecule has 0 saturated carbocycles. The maximum Gasteiger partial charge on any atom is 0.411 e. The van der Waals surface area contributed by atoms with Gasteiger partial charge < -0.3 is 14.7 Å². The van der Waals surface area contributed by atoms with Gasteiger partial charge in [-0.05, 0) is 19.3 Å². The Labute approximate surface area is 108 Å². The minimum absolute atomic E-state index is 0.216. The molecule has 8 heteroatoms. The van der Waals surface area contributed by atoms with E-state index in [1.54, 1.807) is 6.92 Å². The summed E-state index contributed by atoms with van der Waals surface area (Å²) < 4.78 is 39.9. The molecule has 0 aromatic rings. The summed E-state index contributed by atoms with van der Waals surface area (Å²) in [7, 11) is 0. The van der Waals surface area contributed by atoms with Gasteiger partial charge in [0.15, 0.2) is 0 Å². The molecular weight excluding hydrogens is 267 g/mol. The van der Waals surface area contributed by atoms with Crippen LogP contribution in [0.25, 0.3) is 0 Å². The molecule has 19 heavy (non-hydrogen) atoms. The summed E-state index contributed by atoms with van der Waals surface area (Å²) in [6.45, 7) is -0.405. The monoisotopic (exact) mass is 283 g/mol. The lowest BCUT2D eigenvalue weighted by Gasteiger charge is -2.33. The lowest BCUT2D eigenvalue weighted by molar-refractivity contribution is -0.180. The standard InChI is InChI=1S/C11H16F3NO4/c1-2-10(9(17)18)4-3-5-15(10)8(16)6-19-7-11(12,13)14/h2-7H2,1H3,(H,17,18). The largest absolute Gasteiger partial charge is 0.479 e. The zero-order valence-electron chi connectivity index (χ0n) is 10.5. The number of hydrogen-bond donors (Lipinski definition) is 1. The molecule has 1 rings (SSSR count). The molecule has 1 atom stereocenters. The molecule has 1 aliphatic heterocycles. The van der Waals surface area contributed by atoms with Crippen LogP contribution >= 0.6 is 0 Å². The van der Waals surface area contributed by atoms with Gasteiger partial charge in [0.1, 0.15) is 18.8 Å². The van der Waals surface area contributed by atoms with Gasteiger partial charge in [-0.15, -0.1) is 0 Å². The topological polar surface area (TPSA) is 66.8 Å². The van der Waals surface area contributed by atoms with E-state index >= 15 is 0 Å². The van der Waals surface area contributed by atoms with E-state index < -0.39 is 36.8 Å². The first-order valence-electron chi connectivity index (χ1n) is 5.91. The van der Waals surface area contributed by atoms with E-state index in [1.807, 2.05) is 0 Å². The van der Waals surface area contributed by atoms with Crippen molar-refractivity contribution in [1.29, 1.82) is 0 Å². The van der Waals surface area contributed by atoms with E-state index in [2.05, 4.69) is 4.74 Å². The van der Waals surface area contributed by atoms with Gasteiger partial charge in [-0.3, -0.25) is 4.79 Å². The quantitative estimate of drug-likeness (QED) is 0.828. The molecule has 0 aliphatic carbocycles. The summed E-state index contributed by atoms with van der Waals surface area (Å²) in [5.74, 6) is -1.84. The highest BCUT2D eigenvalue weighted by atomic mass is 19.4. The number of nitrogens with zero attached hydrogens (tertiary/aromatic N) is 1. The number of carbonyl (C=O) groups excluding carboxylic acids is 1. The smallest absolute Gasteiger partial charge is 0.411 e. The number of aliphatic carboxylic acids is 1. The highest BCUT2D eigenvalue weighted by Gasteiger charge is 2.48. The van der Waals surface area contributed by atoms with Crippen molar-refractivity contribution in [1.82, 2.24) is 4.90 Å². The average Bonchev–Trinajstić information content (AvgIpc) is 2.71. The second kappa shape index (κ2) is 5.77. The molecule has 0 aromatic carbocycles. The van der Waals surface area contributed by atoms with Gasteiger partial charge in [0.2, 0.25) is 5.91 Å². The van der Waals surface area contributed by atoms with E-state index in [4.69, 9.17) is 0 Å². The molecule has 1 saturated heterocycles. The molecule has 1 aliphatic rings. The van der Waals surface area contributed by atoms with Gasteiger partial charge in [0.25, 0.3) is 0 Å². The summed E-state index contributed by atoms with van der Waals surface area (Å²) in [6.07, 6.45) is -3.46. The molecule has 0 bridgehead atoms. The average molecular weight is 283 g/mol. The Kier molecular flexibility index (Phi) is 4.78. The Morgan fingerprint density at radius 3 is 2.53 bits per heavy atom. The van der Waals surface area contributed by atoms with E-state index in [1.165, 1.54) is 0 Å². The van der Waals surface area contributed by atoms with E-state index in [9.17, 15) is 27.9 Å². The number of hydrogen-bond acceptors (Lipinski definition) is 3. The molecule has 0 spiro atoms. The Morgan fingerprint density at radius 1 is 1.42 bits per heavy atom. The van der Waals surface area contributed by atoms with Crippen molar-refractivity contribution in [2.45, 2.75) is 37.9 Å². The molecule has 0 radical (unpaired) electrons. The predicted octanol–water partition coefficient (Wildman–Crippen LogP) is 1.42. The lowest BCUT2D eigenvalue weighted by atomic mass is 9.93. The number of ether oxygens (including phenoxy) is 1. The van der Waals surface area contributed by atoms with Gasteiger partial charge in [0.05, 0.1) is 0 Å². The van der Waals surface area contributed by atoms with Crippen LogP contribution in [0.2, 0.25) is 0 Å². The zero-order chi connectivity index (χ0) is 14.7. The van der Waals surface area contributed by atoms with Crippen LogP contribution in [0, 0.1) is 0 Å². The van der Waals surface area contributed by atoms with Crippen LogP contribution in [-0.2, 0) is 14.3 Å². The van der Waals surface area contributed by atoms with Crippen molar-refractivity contribution < 1.29 is 32.6 Å². The fourth-order valence-electron chi connectivity index (χ4n) is 2.32. The highest BCUT2D eigenvalue weighted by molar-refractivity contribution is 5.88. The van der Waals surface area contributed by atoms with Gasteiger partial charge in [-0.25, -0.2) is 4.79 Å². The van der Waals surface area contributed by atoms with Gasteiger partial charge in [-0.2, -0.15) is 13.2 Å². The minimum atomic E-state index is -4.50. The number of halogens is 3. The lowest BCUT2D eigenvalue weighted by Crippen LogP contribution is -2.53. The summed E-state index contributed by atoms with van der Waals surface area (Å²) in [6, 6.07) is 0. The highest BCUT2D eigenvalue weighted by Crippen LogP contribution is 2.32. The van der Waals surface area contributed by atoms with E-state index in [0.29, 0.717) is 12.8 Å². The van der Waals surface area contributed by atoms with Crippen molar-refractivity contribution in [2.75, 3.05) is 19.8 Å². The van der Waals surface area contributed by atoms with Crippen LogP contribution in [0.5, 0.6) is 0 Å². The summed E-state index contributed by atoms with van der Waals surface area (Å²) in [4.78, 5) is 24.2. The molecule has 0 aromatic heterocycles. The second-order valence-electron chi connectivity index (χ2n) is 4.45. The molecule has 1 amide bonds. The van der Waals surface area contributed by atoms with E-state index in [0.717, 1.165) is 4.90 Å². The number of rotatable bonds is 5. The fraction of sp³-hybridized carbons (Fsp3) is 0.818. The summed E-state index contributed by atoms with van der Waals surface area (Å²) in [5.41, 5.74) is -1.31. The van der Waals surface area contributed by atoms with Crippen molar-refractivity contribution in [2.24, 2.45) is 0 Å². The first-order chi connectivity index (χ1) is 8.73. The third-order valence-electron chi connectivity index (χ3n) is 3.26. The third kappa shape index (κ3) is 3.59. The van der Waals surface area contributed by atoms with Crippen molar-refractivity contribution >= 4 is 11.9 Å². The van der Waals surface area contributed by atoms with Crippen LogP contribution in [0.3, 0.4) is 0 Å². The number of alkyl halides is 3. The normalized spacial score (nSPS) is 23.7. The molecular formula is C11H16F3NO4. The number of carboxylic acid groups (broad SMARTS) is 1. The Morgan fingerprint density at radius 2 is 2.05 bits per heavy atom. The first kappa shape index (κ1) is 15.7. The molecule has 110 valence electrons. The summed E-state index contributed by atoms with van der Waals surface area (Å²) in [5, 5.41) is 9.22. The van der Waals surface area contributed by atoms with Gasteiger partial charge in [-0.1, -0.05) is 6.92 Å². The van der Waals surface area contributed by atoms with Crippen LogP contribution in [0.1, 0.15) is 26.2 Å². The molecule has 1 heterocycles. The molecule has 1 fully saturated rings. The van der Waals surface area contributed by atoms with Crippen molar-refractivity contribution in [3.63, 3.8) is 0 Å². The SMILES string of the molecule is CCC1(C(=O)O)CCCN1C(=O)COCC(F)(F)F. The molecule has 1 N–H and O–H groups in total. The van der Waals surface area contributed by atoms with Crippen LogP contribution in [0.4, 0.5) is 13.2 Å². The van der Waals surface area contributed by atoms with Gasteiger partial charge >= 0.3 is 12.1 Å². The Bertz CT molecular complexity index is 358. The Hall–Kier alpha value is -1.31. The maximum atomic E-state index is 11.9. The molecule has 1 unspecified atom stereocenters. The second-order valence-corrected chi connectivity index (χ2v) is 4.45. The van der Waals surface area contributed by atoms with Crippen molar-refractivity contribution in [3.8, 4) is 0 Å². The predicted molar refractivity (Wildman–Crippen MR) is 58.5 cm³/mol. The Balaban J connectivity index is 2.63. The minimum Gasteiger partial charge on any atom is -0.479 e. The fourth-order valence-corrected chi connectivity index (χ4v) is 2.32. The number of likely N-dealkylation sites (tertiary alicyclic amines) is 1. The van der Waals surface area contributed by atoms with Crippen LogP contribution in [-0.4, -0.2) is 53.4 Å². The first-order valence-corrected chi connectivity index (χ1v) is 5.91. The van der Waals surface area contributed by atoms with E-state index in [-0.39, 0.29) is 13.0 Å². The zero-order valence-corrected chi connectivity index (χ0v) is 10.5.